The number of aromatic nitrogens is 1. The molecule has 2 aromatic rings. The minimum atomic E-state index is -0.271. The van der Waals surface area contributed by atoms with E-state index in [4.69, 9.17) is 5.73 Å². The minimum absolute atomic E-state index is 0.271. The molecule has 0 amide bonds. The molecular weight excluding hydrogens is 229 g/mol. The molecule has 94 valence electrons. The van der Waals surface area contributed by atoms with Gasteiger partial charge in [0.15, 0.2) is 0 Å². The quantitative estimate of drug-likeness (QED) is 0.814. The van der Waals surface area contributed by atoms with Gasteiger partial charge in [0.2, 0.25) is 0 Å². The summed E-state index contributed by atoms with van der Waals surface area (Å²) in [5.74, 6) is -0.271. The molecule has 0 saturated carbocycles. The first kappa shape index (κ1) is 12.4. The van der Waals surface area contributed by atoms with Crippen molar-refractivity contribution in [3.63, 3.8) is 0 Å². The molecule has 3 nitrogen and oxygen atoms in total. The lowest BCUT2D eigenvalue weighted by atomic mass is 10.1. The van der Waals surface area contributed by atoms with E-state index in [-0.39, 0.29) is 5.82 Å². The van der Waals surface area contributed by atoms with Gasteiger partial charge in [0.05, 0.1) is 11.4 Å². The van der Waals surface area contributed by atoms with Gasteiger partial charge in [-0.1, -0.05) is 0 Å². The van der Waals surface area contributed by atoms with Crippen LogP contribution < -0.4 is 11.1 Å². The molecule has 1 aromatic heterocycles. The van der Waals surface area contributed by atoms with E-state index < -0.39 is 0 Å². The molecule has 0 fully saturated rings. The topological polar surface area (TPSA) is 50.9 Å². The first-order valence-corrected chi connectivity index (χ1v) is 5.85. The molecule has 0 aliphatic rings. The lowest BCUT2D eigenvalue weighted by Gasteiger charge is -2.10. The maximum absolute atomic E-state index is 13.2. The van der Waals surface area contributed by atoms with E-state index in [2.05, 4.69) is 10.3 Å². The van der Waals surface area contributed by atoms with E-state index in [1.807, 2.05) is 12.1 Å². The molecule has 0 saturated heterocycles. The number of rotatable bonds is 4. The SMILES string of the molecule is Cc1cc(NCCc2ccncc2)c(N)cc1F. The molecule has 0 unspecified atom stereocenters. The average Bonchev–Trinajstić information content (AvgIpc) is 2.37. The van der Waals surface area contributed by atoms with Crippen molar-refractivity contribution in [2.24, 2.45) is 0 Å². The number of nitrogens with one attached hydrogen (secondary N) is 1. The zero-order chi connectivity index (χ0) is 13.0. The van der Waals surface area contributed by atoms with Gasteiger partial charge >= 0.3 is 0 Å². The Morgan fingerprint density at radius 1 is 1.28 bits per heavy atom. The highest BCUT2D eigenvalue weighted by atomic mass is 19.1. The number of aryl methyl sites for hydroxylation is 1. The van der Waals surface area contributed by atoms with E-state index in [0.29, 0.717) is 11.3 Å². The molecule has 18 heavy (non-hydrogen) atoms. The van der Waals surface area contributed by atoms with Crippen LogP contribution in [0.1, 0.15) is 11.1 Å². The summed E-state index contributed by atoms with van der Waals surface area (Å²) in [6, 6.07) is 7.03. The lowest BCUT2D eigenvalue weighted by Crippen LogP contribution is -2.07. The van der Waals surface area contributed by atoms with Crippen molar-refractivity contribution in [1.29, 1.82) is 0 Å². The van der Waals surface area contributed by atoms with Crippen LogP contribution in [-0.4, -0.2) is 11.5 Å². The van der Waals surface area contributed by atoms with Gasteiger partial charge in [-0.3, -0.25) is 4.98 Å². The van der Waals surface area contributed by atoms with Gasteiger partial charge in [0.25, 0.3) is 0 Å². The smallest absolute Gasteiger partial charge is 0.128 e. The number of pyridine rings is 1. The summed E-state index contributed by atoms with van der Waals surface area (Å²) in [4.78, 5) is 3.96. The van der Waals surface area contributed by atoms with Crippen LogP contribution in [0.3, 0.4) is 0 Å². The van der Waals surface area contributed by atoms with E-state index in [1.165, 1.54) is 11.6 Å². The summed E-state index contributed by atoms with van der Waals surface area (Å²) in [5.41, 5.74) is 8.77. The standard InChI is InChI=1S/C14H16FN3/c1-10-8-14(13(16)9-12(10)15)18-7-4-11-2-5-17-6-3-11/h2-3,5-6,8-9,18H,4,7,16H2,1H3. The second-order valence-corrected chi connectivity index (χ2v) is 4.22. The third kappa shape index (κ3) is 2.97. The fraction of sp³-hybridized carbons (Fsp3) is 0.214. The van der Waals surface area contributed by atoms with Crippen molar-refractivity contribution in [3.05, 3.63) is 53.6 Å². The predicted octanol–water partition coefficient (Wildman–Crippen LogP) is 2.77. The van der Waals surface area contributed by atoms with Gasteiger partial charge in [-0.15, -0.1) is 0 Å². The van der Waals surface area contributed by atoms with Crippen LogP contribution in [-0.2, 0) is 6.42 Å². The maximum atomic E-state index is 13.2. The van der Waals surface area contributed by atoms with Crippen LogP contribution in [0.15, 0.2) is 36.7 Å². The zero-order valence-corrected chi connectivity index (χ0v) is 10.3. The van der Waals surface area contributed by atoms with Crippen molar-refractivity contribution < 1.29 is 4.39 Å². The fourth-order valence-corrected chi connectivity index (χ4v) is 1.74. The summed E-state index contributed by atoms with van der Waals surface area (Å²) in [5, 5.41) is 3.22. The number of nitrogens with two attached hydrogens (primary N) is 1. The van der Waals surface area contributed by atoms with E-state index >= 15 is 0 Å². The van der Waals surface area contributed by atoms with Gasteiger partial charge in [0.1, 0.15) is 5.82 Å². The highest BCUT2D eigenvalue weighted by molar-refractivity contribution is 5.67. The molecular formula is C14H16FN3. The minimum Gasteiger partial charge on any atom is -0.397 e. The molecule has 0 aliphatic heterocycles. The van der Waals surface area contributed by atoms with Crippen LogP contribution in [0.25, 0.3) is 0 Å². The molecule has 0 radical (unpaired) electrons. The first-order chi connectivity index (χ1) is 8.66. The first-order valence-electron chi connectivity index (χ1n) is 5.85. The molecule has 1 aromatic carbocycles. The normalized spacial score (nSPS) is 10.3. The Morgan fingerprint density at radius 3 is 2.72 bits per heavy atom. The van der Waals surface area contributed by atoms with E-state index in [9.17, 15) is 4.39 Å². The summed E-state index contributed by atoms with van der Waals surface area (Å²) in [6.45, 7) is 2.47. The van der Waals surface area contributed by atoms with Gasteiger partial charge in [-0.25, -0.2) is 4.39 Å². The van der Waals surface area contributed by atoms with Crippen molar-refractivity contribution in [2.45, 2.75) is 13.3 Å². The highest BCUT2D eigenvalue weighted by Crippen LogP contribution is 2.22. The number of hydrogen-bond donors (Lipinski definition) is 2. The molecule has 0 bridgehead atoms. The summed E-state index contributed by atoms with van der Waals surface area (Å²) < 4.78 is 13.2. The van der Waals surface area contributed by atoms with Crippen LogP contribution >= 0.6 is 0 Å². The Balaban J connectivity index is 1.97. The van der Waals surface area contributed by atoms with E-state index in [0.717, 1.165) is 18.7 Å². The van der Waals surface area contributed by atoms with Crippen molar-refractivity contribution in [1.82, 2.24) is 4.98 Å². The van der Waals surface area contributed by atoms with Crippen LogP contribution in [0.5, 0.6) is 0 Å². The number of anilines is 2. The Labute approximate surface area is 106 Å². The van der Waals surface area contributed by atoms with Gasteiger partial charge < -0.3 is 11.1 Å². The Bertz CT molecular complexity index is 526. The van der Waals surface area contributed by atoms with E-state index in [1.54, 1.807) is 25.4 Å². The predicted molar refractivity (Wildman–Crippen MR) is 72.0 cm³/mol. The average molecular weight is 245 g/mol. The van der Waals surface area contributed by atoms with Crippen LogP contribution in [0.2, 0.25) is 0 Å². The Morgan fingerprint density at radius 2 is 2.00 bits per heavy atom. The summed E-state index contributed by atoms with van der Waals surface area (Å²) >= 11 is 0. The molecule has 2 rings (SSSR count). The third-order valence-electron chi connectivity index (χ3n) is 2.81. The number of benzene rings is 1. The van der Waals surface area contributed by atoms with Crippen LogP contribution in [0, 0.1) is 12.7 Å². The van der Waals surface area contributed by atoms with Crippen molar-refractivity contribution in [3.8, 4) is 0 Å². The van der Waals surface area contributed by atoms with Crippen LogP contribution in [0.4, 0.5) is 15.8 Å². The molecule has 0 atom stereocenters. The molecule has 3 N–H and O–H groups in total. The summed E-state index contributed by atoms with van der Waals surface area (Å²) in [7, 11) is 0. The monoisotopic (exact) mass is 245 g/mol. The van der Waals surface area contributed by atoms with Crippen molar-refractivity contribution in [2.75, 3.05) is 17.6 Å². The van der Waals surface area contributed by atoms with Gasteiger partial charge in [-0.2, -0.15) is 0 Å². The van der Waals surface area contributed by atoms with Gasteiger partial charge in [-0.05, 0) is 48.7 Å². The highest BCUT2D eigenvalue weighted by Gasteiger charge is 2.04. The molecule has 1 heterocycles. The third-order valence-corrected chi connectivity index (χ3v) is 2.81. The zero-order valence-electron chi connectivity index (χ0n) is 10.3. The molecule has 0 spiro atoms. The number of halogens is 1. The Kier molecular flexibility index (Phi) is 3.77. The fourth-order valence-electron chi connectivity index (χ4n) is 1.74. The number of hydrogen-bond acceptors (Lipinski definition) is 3. The van der Waals surface area contributed by atoms with Gasteiger partial charge in [0, 0.05) is 18.9 Å². The maximum Gasteiger partial charge on any atom is 0.128 e. The van der Waals surface area contributed by atoms with Crippen molar-refractivity contribution >= 4 is 11.4 Å². The summed E-state index contributed by atoms with van der Waals surface area (Å²) in [6.07, 6.45) is 4.41. The number of nitrogen functional groups attached to an aromatic ring is 1. The lowest BCUT2D eigenvalue weighted by molar-refractivity contribution is 0.619. The largest absolute Gasteiger partial charge is 0.397 e. The molecule has 4 heteroatoms. The molecule has 0 aliphatic carbocycles. The number of nitrogens with zero attached hydrogens (tertiary/aromatic N) is 1. The second kappa shape index (κ2) is 5.49. The Hall–Kier alpha value is -2.10. The second-order valence-electron chi connectivity index (χ2n) is 4.22.